The van der Waals surface area contributed by atoms with Crippen molar-refractivity contribution >= 4 is 43.5 Å². The summed E-state index contributed by atoms with van der Waals surface area (Å²) in [5.74, 6) is -4.42. The summed E-state index contributed by atoms with van der Waals surface area (Å²) in [6.07, 6.45) is 1.21. The molecule has 68 heavy (non-hydrogen) atoms. The van der Waals surface area contributed by atoms with E-state index in [1.807, 2.05) is 80.6 Å². The zero-order chi connectivity index (χ0) is 51.2. The van der Waals surface area contributed by atoms with Crippen molar-refractivity contribution in [3.05, 3.63) is 39.4 Å². The average molecular weight is 971 g/mol. The predicted octanol–water partition coefficient (Wildman–Crippen LogP) is 11.2. The van der Waals surface area contributed by atoms with Gasteiger partial charge in [0.15, 0.2) is 25.4 Å². The number of carbonyl (C=O) groups excluding carboxylic acids is 4. The quantitative estimate of drug-likeness (QED) is 0.0958. The van der Waals surface area contributed by atoms with E-state index in [2.05, 4.69) is 5.16 Å². The van der Waals surface area contributed by atoms with Gasteiger partial charge in [0.1, 0.15) is 28.3 Å². The lowest BCUT2D eigenvalue weighted by Gasteiger charge is -2.55. The van der Waals surface area contributed by atoms with Gasteiger partial charge in [-0.05, 0) is 116 Å². The number of nitrogens with zero attached hydrogens (tertiary/aromatic N) is 4. The molecule has 1 saturated carbocycles. The summed E-state index contributed by atoms with van der Waals surface area (Å²) >= 11 is 0. The largest absolute Gasteiger partial charge is 0.507 e. The second-order valence-corrected chi connectivity index (χ2v) is 27.6. The van der Waals surface area contributed by atoms with Gasteiger partial charge in [0, 0.05) is 36.2 Å². The standard InChI is InChI=1S/C51H79FN4O11Si/c1-19-21-23-62-41-35-31(37(52)32(38(41)55(16)46(60)64-48(5,6)7)28-56(27-29(3)4)47(61)65-49(8,9)10)25-30-26-33-39(54(14)15)42-36(45(53-66-42)63-24-22-20-2)44(59)51(33,43(58)34(30)40(35)57)67-68(17,18)50(11,12)13/h29-30,33,39,57H,19-28H2,1-18H3/t30-,33-,39-,51-/m0/s1. The third kappa shape index (κ3) is 10.6. The number of aromatic nitrogens is 1. The van der Waals surface area contributed by atoms with Crippen LogP contribution < -0.4 is 14.4 Å². The lowest BCUT2D eigenvalue weighted by molar-refractivity contribution is -0.140. The Balaban J connectivity index is 1.89. The average Bonchev–Trinajstić information content (AvgIpc) is 3.61. The number of hydrogen-bond donors (Lipinski definition) is 1. The number of aliphatic hydroxyl groups is 1. The summed E-state index contributed by atoms with van der Waals surface area (Å²) in [6.45, 7) is 28.3. The highest BCUT2D eigenvalue weighted by Gasteiger charge is 2.69. The first-order chi connectivity index (χ1) is 31.3. The van der Waals surface area contributed by atoms with Crippen LogP contribution in [0.4, 0.5) is 19.7 Å². The summed E-state index contributed by atoms with van der Waals surface area (Å²) in [5, 5.41) is 16.7. The van der Waals surface area contributed by atoms with Crippen LogP contribution in [-0.2, 0) is 31.7 Å². The molecule has 0 spiro atoms. The monoisotopic (exact) mass is 971 g/mol. The number of hydrogen-bond acceptors (Lipinski definition) is 13. The van der Waals surface area contributed by atoms with Gasteiger partial charge < -0.3 is 37.9 Å². The Morgan fingerprint density at radius 3 is 2.00 bits per heavy atom. The van der Waals surface area contributed by atoms with E-state index in [1.54, 1.807) is 41.5 Å². The fraction of sp³-hybridized carbons (Fsp3) is 0.706. The number of Topliss-reactive ketones (excluding diaryl/α,β-unsaturated/α-hetero) is 2. The summed E-state index contributed by atoms with van der Waals surface area (Å²) in [7, 11) is 2.01. The summed E-state index contributed by atoms with van der Waals surface area (Å²) < 4.78 is 55.9. The maximum absolute atomic E-state index is 18.3. The van der Waals surface area contributed by atoms with Crippen LogP contribution in [0.2, 0.25) is 18.1 Å². The zero-order valence-corrected chi connectivity index (χ0v) is 45.1. The molecule has 17 heteroatoms. The van der Waals surface area contributed by atoms with Crippen molar-refractivity contribution in [1.29, 1.82) is 0 Å². The minimum atomic E-state index is -3.06. The third-order valence-corrected chi connectivity index (χ3v) is 17.7. The van der Waals surface area contributed by atoms with Crippen LogP contribution in [0.5, 0.6) is 11.6 Å². The number of unbranched alkanes of at least 4 members (excludes halogenated alkanes) is 2. The number of amides is 2. The number of rotatable bonds is 16. The van der Waals surface area contributed by atoms with Crippen LogP contribution in [-0.4, -0.2) is 110 Å². The van der Waals surface area contributed by atoms with E-state index >= 15 is 14.0 Å². The van der Waals surface area contributed by atoms with E-state index in [-0.39, 0.29) is 96.0 Å². The van der Waals surface area contributed by atoms with Gasteiger partial charge in [-0.25, -0.2) is 14.0 Å². The molecule has 5 rings (SSSR count). The Bertz CT molecular complexity index is 2270. The summed E-state index contributed by atoms with van der Waals surface area (Å²) in [4.78, 5) is 64.3. The summed E-state index contributed by atoms with van der Waals surface area (Å²) in [6, 6.07) is -0.728. The molecule has 1 aromatic heterocycles. The smallest absolute Gasteiger partial charge is 0.414 e. The Morgan fingerprint density at radius 1 is 0.897 bits per heavy atom. The van der Waals surface area contributed by atoms with Crippen molar-refractivity contribution in [2.24, 2.45) is 17.8 Å². The highest BCUT2D eigenvalue weighted by atomic mass is 28.4. The van der Waals surface area contributed by atoms with E-state index < -0.39 is 83.4 Å². The molecule has 4 atom stereocenters. The van der Waals surface area contributed by atoms with Crippen molar-refractivity contribution in [3.63, 3.8) is 0 Å². The number of benzene rings is 1. The van der Waals surface area contributed by atoms with E-state index in [1.165, 1.54) is 11.9 Å². The zero-order valence-electron chi connectivity index (χ0n) is 44.1. The minimum absolute atomic E-state index is 0.0225. The molecule has 380 valence electrons. The second kappa shape index (κ2) is 20.1. The van der Waals surface area contributed by atoms with Gasteiger partial charge in [-0.1, -0.05) is 61.3 Å². The molecule has 2 aromatic rings. The number of ketones is 2. The van der Waals surface area contributed by atoms with Crippen molar-refractivity contribution in [2.45, 2.75) is 176 Å². The van der Waals surface area contributed by atoms with Crippen molar-refractivity contribution in [3.8, 4) is 11.6 Å². The van der Waals surface area contributed by atoms with Gasteiger partial charge in [0.25, 0.3) is 5.88 Å². The van der Waals surface area contributed by atoms with Gasteiger partial charge in [0.05, 0.1) is 37.1 Å². The molecule has 1 N–H and O–H groups in total. The normalized spacial score (nSPS) is 20.8. The maximum atomic E-state index is 18.3. The number of anilines is 1. The van der Waals surface area contributed by atoms with Crippen molar-refractivity contribution in [1.82, 2.24) is 15.0 Å². The van der Waals surface area contributed by atoms with Gasteiger partial charge in [-0.2, -0.15) is 0 Å². The first kappa shape index (κ1) is 54.5. The topological polar surface area (TPSA) is 170 Å². The van der Waals surface area contributed by atoms with Crippen molar-refractivity contribution < 1.29 is 56.6 Å². The lowest BCUT2D eigenvalue weighted by atomic mass is 9.57. The molecule has 1 aromatic carbocycles. The number of aliphatic hydroxyl groups excluding tert-OH is 1. The van der Waals surface area contributed by atoms with Crippen molar-refractivity contribution in [2.75, 3.05) is 45.8 Å². The van der Waals surface area contributed by atoms with Crippen LogP contribution in [0.15, 0.2) is 10.1 Å². The van der Waals surface area contributed by atoms with E-state index in [0.717, 1.165) is 11.3 Å². The highest BCUT2D eigenvalue weighted by Crippen LogP contribution is 2.60. The molecule has 2 amide bonds. The van der Waals surface area contributed by atoms with Crippen LogP contribution in [0.1, 0.15) is 161 Å². The number of ether oxygens (including phenoxy) is 4. The van der Waals surface area contributed by atoms with Gasteiger partial charge >= 0.3 is 12.2 Å². The Labute approximate surface area is 404 Å². The molecule has 0 aliphatic heterocycles. The van der Waals surface area contributed by atoms with E-state index in [0.29, 0.717) is 19.3 Å². The van der Waals surface area contributed by atoms with Crippen LogP contribution in [0, 0.1) is 23.6 Å². The molecule has 0 saturated heterocycles. The molecule has 1 heterocycles. The first-order valence-corrected chi connectivity index (χ1v) is 27.2. The number of carbonyl (C=O) groups is 4. The van der Waals surface area contributed by atoms with Gasteiger partial charge in [0.2, 0.25) is 11.6 Å². The molecule has 3 aliphatic carbocycles. The first-order valence-electron chi connectivity index (χ1n) is 24.3. The molecular weight excluding hydrogens is 892 g/mol. The van der Waals surface area contributed by atoms with Gasteiger partial charge in [-0.15, -0.1) is 0 Å². The SMILES string of the molecule is CCCCOc1noc2c1C(=O)[C@@]1(O[Si](C)(C)C(C)(C)C)C(=O)C3=C(O)c4c(c(F)c(CN(CC(C)C)C(=O)OC(C)(C)C)c(N(C)C(=O)OC(C)(C)C)c4OCCCC)C[C@H]3C[C@H]1[C@@H]2N(C)C. The maximum Gasteiger partial charge on any atom is 0.414 e. The molecule has 1 fully saturated rings. The molecule has 0 bridgehead atoms. The predicted molar refractivity (Wildman–Crippen MR) is 261 cm³/mol. The highest BCUT2D eigenvalue weighted by molar-refractivity contribution is 6.74. The number of fused-ring (bicyclic) bond motifs is 4. The fourth-order valence-electron chi connectivity index (χ4n) is 9.20. The lowest BCUT2D eigenvalue weighted by Crippen LogP contribution is -2.68. The Morgan fingerprint density at radius 2 is 1.47 bits per heavy atom. The van der Waals surface area contributed by atoms with Crippen LogP contribution in [0.25, 0.3) is 5.76 Å². The van der Waals surface area contributed by atoms with E-state index in [9.17, 15) is 14.7 Å². The van der Waals surface area contributed by atoms with Crippen LogP contribution >= 0.6 is 0 Å². The Kier molecular flexibility index (Phi) is 16.1. The fourth-order valence-corrected chi connectivity index (χ4v) is 10.7. The third-order valence-electron chi connectivity index (χ3n) is 13.3. The summed E-state index contributed by atoms with van der Waals surface area (Å²) in [5.41, 5.74) is -4.34. The molecule has 15 nitrogen and oxygen atoms in total. The van der Waals surface area contributed by atoms with Gasteiger partial charge in [-0.3, -0.25) is 19.4 Å². The molecule has 0 unspecified atom stereocenters. The minimum Gasteiger partial charge on any atom is -0.507 e. The van der Waals surface area contributed by atoms with E-state index in [4.69, 9.17) is 27.9 Å². The Hall–Kier alpha value is -4.48. The molecular formula is C51H79FN4O11Si. The molecule has 3 aliphatic rings. The second-order valence-electron chi connectivity index (χ2n) is 22.9. The number of halogens is 1. The molecule has 0 radical (unpaired) electrons. The van der Waals surface area contributed by atoms with Crippen LogP contribution in [0.3, 0.4) is 0 Å².